The third kappa shape index (κ3) is 3.29. The minimum absolute atomic E-state index is 0.769. The van der Waals surface area contributed by atoms with Gasteiger partial charge in [-0.2, -0.15) is 0 Å². The van der Waals surface area contributed by atoms with Crippen molar-refractivity contribution in [2.24, 2.45) is 5.92 Å². The predicted molar refractivity (Wildman–Crippen MR) is 70.0 cm³/mol. The Morgan fingerprint density at radius 1 is 1.50 bits per heavy atom. The Kier molecular flexibility index (Phi) is 4.36. The smallest absolute Gasteiger partial charge is 0.0940 e. The van der Waals surface area contributed by atoms with Gasteiger partial charge < -0.3 is 5.32 Å². The maximum absolute atomic E-state index is 4.39. The van der Waals surface area contributed by atoms with E-state index in [0.717, 1.165) is 24.9 Å². The second-order valence-corrected chi connectivity index (χ2v) is 6.17. The Hall–Kier alpha value is -0.410. The Balaban J connectivity index is 1.65. The van der Waals surface area contributed by atoms with Crippen molar-refractivity contribution < 1.29 is 0 Å². The van der Waals surface area contributed by atoms with Gasteiger partial charge in [0, 0.05) is 30.1 Å². The molecule has 0 aromatic carbocycles. The molecule has 3 heteroatoms. The van der Waals surface area contributed by atoms with Crippen LogP contribution in [0, 0.1) is 12.8 Å². The number of aryl methyl sites for hydroxylation is 1. The van der Waals surface area contributed by atoms with Crippen molar-refractivity contribution in [3.05, 3.63) is 16.1 Å². The molecule has 1 aromatic rings. The van der Waals surface area contributed by atoms with E-state index in [4.69, 9.17) is 0 Å². The van der Waals surface area contributed by atoms with Crippen LogP contribution in [0.5, 0.6) is 0 Å². The lowest BCUT2D eigenvalue weighted by Crippen LogP contribution is -2.28. The number of hydrogen-bond acceptors (Lipinski definition) is 3. The first-order valence-corrected chi connectivity index (χ1v) is 7.24. The van der Waals surface area contributed by atoms with Gasteiger partial charge >= 0.3 is 0 Å². The molecule has 1 aromatic heterocycles. The highest BCUT2D eigenvalue weighted by molar-refractivity contribution is 7.11. The molecule has 2 nitrogen and oxygen atoms in total. The predicted octanol–water partition coefficient (Wildman–Crippen LogP) is 3.16. The summed E-state index contributed by atoms with van der Waals surface area (Å²) in [6, 6.07) is 0.769. The topological polar surface area (TPSA) is 24.9 Å². The summed E-state index contributed by atoms with van der Waals surface area (Å²) in [4.78, 5) is 5.71. The van der Waals surface area contributed by atoms with E-state index >= 15 is 0 Å². The fourth-order valence-electron chi connectivity index (χ4n) is 2.53. The number of nitrogens with one attached hydrogen (secondary N) is 1. The minimum atomic E-state index is 0.769. The van der Waals surface area contributed by atoms with E-state index in [1.807, 2.05) is 17.5 Å². The van der Waals surface area contributed by atoms with Gasteiger partial charge in [-0.15, -0.1) is 11.3 Å². The van der Waals surface area contributed by atoms with Crippen LogP contribution in [0.3, 0.4) is 0 Å². The highest BCUT2D eigenvalue weighted by Gasteiger charge is 2.22. The molecule has 2 atom stereocenters. The zero-order chi connectivity index (χ0) is 11.4. The lowest BCUT2D eigenvalue weighted by molar-refractivity contribution is 0.479. The lowest BCUT2D eigenvalue weighted by Gasteiger charge is -2.11. The lowest BCUT2D eigenvalue weighted by atomic mass is 10.1. The summed E-state index contributed by atoms with van der Waals surface area (Å²) in [6.45, 7) is 5.52. The molecule has 0 spiro atoms. The number of thiazole rings is 1. The van der Waals surface area contributed by atoms with Gasteiger partial charge in [0.15, 0.2) is 0 Å². The highest BCUT2D eigenvalue weighted by atomic mass is 32.1. The molecule has 0 amide bonds. The molecule has 1 aliphatic carbocycles. The van der Waals surface area contributed by atoms with Crippen LogP contribution < -0.4 is 5.32 Å². The molecule has 1 saturated carbocycles. The summed E-state index contributed by atoms with van der Waals surface area (Å²) < 4.78 is 0. The normalized spacial score (nSPS) is 25.1. The molecule has 2 rings (SSSR count). The van der Waals surface area contributed by atoms with Gasteiger partial charge in [-0.05, 0) is 32.1 Å². The molecular weight excluding hydrogens is 216 g/mol. The third-order valence-electron chi connectivity index (χ3n) is 3.56. The molecule has 2 unspecified atom stereocenters. The summed E-state index contributed by atoms with van der Waals surface area (Å²) in [5.41, 5.74) is 0. The monoisotopic (exact) mass is 238 g/mol. The van der Waals surface area contributed by atoms with E-state index < -0.39 is 0 Å². The van der Waals surface area contributed by atoms with E-state index in [1.54, 1.807) is 0 Å². The summed E-state index contributed by atoms with van der Waals surface area (Å²) in [5, 5.41) is 4.94. The Labute approximate surface area is 102 Å². The van der Waals surface area contributed by atoms with Gasteiger partial charge in [0.05, 0.1) is 5.01 Å². The van der Waals surface area contributed by atoms with Crippen molar-refractivity contribution in [3.63, 3.8) is 0 Å². The molecule has 0 aliphatic heterocycles. The first kappa shape index (κ1) is 12.1. The van der Waals surface area contributed by atoms with Crippen molar-refractivity contribution in [3.8, 4) is 0 Å². The summed E-state index contributed by atoms with van der Waals surface area (Å²) in [7, 11) is 0. The number of rotatable bonds is 5. The van der Waals surface area contributed by atoms with Gasteiger partial charge in [-0.25, -0.2) is 4.98 Å². The van der Waals surface area contributed by atoms with Crippen molar-refractivity contribution in [2.45, 2.75) is 52.0 Å². The van der Waals surface area contributed by atoms with Crippen molar-refractivity contribution in [2.75, 3.05) is 6.54 Å². The zero-order valence-electron chi connectivity index (χ0n) is 10.3. The largest absolute Gasteiger partial charge is 0.314 e. The number of hydrogen-bond donors (Lipinski definition) is 1. The first-order valence-electron chi connectivity index (χ1n) is 6.42. The average Bonchev–Trinajstić information content (AvgIpc) is 2.88. The summed E-state index contributed by atoms with van der Waals surface area (Å²) in [5.74, 6) is 0.972. The van der Waals surface area contributed by atoms with E-state index in [0.29, 0.717) is 0 Å². The molecule has 0 bridgehead atoms. The minimum Gasteiger partial charge on any atom is -0.314 e. The SMILES string of the molecule is CCC1CCC(NCCc2ncc(C)s2)C1. The van der Waals surface area contributed by atoms with Crippen molar-refractivity contribution in [1.82, 2.24) is 10.3 Å². The molecule has 1 aliphatic rings. The Morgan fingerprint density at radius 2 is 2.38 bits per heavy atom. The van der Waals surface area contributed by atoms with Gasteiger partial charge in [0.2, 0.25) is 0 Å². The third-order valence-corrected chi connectivity index (χ3v) is 4.53. The molecule has 1 heterocycles. The summed E-state index contributed by atoms with van der Waals surface area (Å²) >= 11 is 1.82. The van der Waals surface area contributed by atoms with E-state index in [2.05, 4.69) is 24.1 Å². The first-order chi connectivity index (χ1) is 7.78. The molecule has 0 saturated heterocycles. The fraction of sp³-hybridized carbons (Fsp3) is 0.769. The quantitative estimate of drug-likeness (QED) is 0.852. The molecular formula is C13H22N2S. The number of nitrogens with zero attached hydrogens (tertiary/aromatic N) is 1. The Morgan fingerprint density at radius 3 is 3.00 bits per heavy atom. The van der Waals surface area contributed by atoms with Crippen LogP contribution in [0.15, 0.2) is 6.20 Å². The maximum atomic E-state index is 4.39. The second kappa shape index (κ2) is 5.78. The van der Waals surface area contributed by atoms with E-state index in [-0.39, 0.29) is 0 Å². The summed E-state index contributed by atoms with van der Waals surface area (Å²) in [6.07, 6.45) is 8.59. The molecule has 1 fully saturated rings. The molecule has 90 valence electrons. The fourth-order valence-corrected chi connectivity index (χ4v) is 3.32. The molecule has 0 radical (unpaired) electrons. The van der Waals surface area contributed by atoms with Crippen LogP contribution in [-0.2, 0) is 6.42 Å². The van der Waals surface area contributed by atoms with Crippen LogP contribution in [0.4, 0.5) is 0 Å². The van der Waals surface area contributed by atoms with Gasteiger partial charge in [0.1, 0.15) is 0 Å². The highest BCUT2D eigenvalue weighted by Crippen LogP contribution is 2.27. The van der Waals surface area contributed by atoms with Gasteiger partial charge in [0.25, 0.3) is 0 Å². The standard InChI is InChI=1S/C13H22N2S/c1-3-11-4-5-12(8-11)14-7-6-13-15-9-10(2)16-13/h9,11-12,14H,3-8H2,1-2H3. The Bertz CT molecular complexity index is 321. The van der Waals surface area contributed by atoms with Crippen molar-refractivity contribution >= 4 is 11.3 Å². The second-order valence-electron chi connectivity index (χ2n) is 4.85. The van der Waals surface area contributed by atoms with Crippen LogP contribution >= 0.6 is 11.3 Å². The average molecular weight is 238 g/mol. The van der Waals surface area contributed by atoms with Crippen LogP contribution in [0.2, 0.25) is 0 Å². The van der Waals surface area contributed by atoms with E-state index in [9.17, 15) is 0 Å². The van der Waals surface area contributed by atoms with Crippen LogP contribution in [0.1, 0.15) is 42.5 Å². The van der Waals surface area contributed by atoms with E-state index in [1.165, 1.54) is 35.6 Å². The number of aromatic nitrogens is 1. The van der Waals surface area contributed by atoms with Crippen LogP contribution in [-0.4, -0.2) is 17.6 Å². The molecule has 16 heavy (non-hydrogen) atoms. The van der Waals surface area contributed by atoms with Crippen LogP contribution in [0.25, 0.3) is 0 Å². The zero-order valence-corrected chi connectivity index (χ0v) is 11.1. The van der Waals surface area contributed by atoms with Gasteiger partial charge in [-0.3, -0.25) is 0 Å². The molecule has 1 N–H and O–H groups in total. The van der Waals surface area contributed by atoms with Gasteiger partial charge in [-0.1, -0.05) is 13.3 Å². The maximum Gasteiger partial charge on any atom is 0.0940 e. The van der Waals surface area contributed by atoms with Crippen molar-refractivity contribution in [1.29, 1.82) is 0 Å².